The van der Waals surface area contributed by atoms with E-state index in [0.29, 0.717) is 5.82 Å². The molecular weight excluding hydrogens is 360 g/mol. The topological polar surface area (TPSA) is 59.0 Å². The highest BCUT2D eigenvalue weighted by Crippen LogP contribution is 2.30. The van der Waals surface area contributed by atoms with Crippen molar-refractivity contribution in [2.24, 2.45) is 0 Å². The summed E-state index contributed by atoms with van der Waals surface area (Å²) in [6.45, 7) is 3.62. The molecule has 0 radical (unpaired) electrons. The first-order valence-corrected chi connectivity index (χ1v) is 10.3. The molecule has 1 fully saturated rings. The summed E-state index contributed by atoms with van der Waals surface area (Å²) in [4.78, 5) is 28.6. The zero-order valence-corrected chi connectivity index (χ0v) is 16.7. The molecule has 1 amide bonds. The van der Waals surface area contributed by atoms with Crippen LogP contribution >= 0.6 is 0 Å². The Bertz CT molecular complexity index is 945. The fourth-order valence-electron chi connectivity index (χ4n) is 4.12. The molecule has 0 aliphatic carbocycles. The predicted octanol–water partition coefficient (Wildman–Crippen LogP) is 4.44. The fourth-order valence-corrected chi connectivity index (χ4v) is 4.12. The van der Waals surface area contributed by atoms with Gasteiger partial charge < -0.3 is 4.90 Å². The summed E-state index contributed by atoms with van der Waals surface area (Å²) in [5, 5.41) is 0. The lowest BCUT2D eigenvalue weighted by Gasteiger charge is -2.35. The number of nitrogens with zero attached hydrogens (tertiary/aromatic N) is 4. The standard InChI is InChI=1S/C24H26N4O/c1-2-21(18-7-4-3-5-8-18)24(29)28-16-6-9-20(17-28)22-12-15-26-23(27-22)19-10-13-25-14-11-19/h3-5,7-8,10-15,20-21H,2,6,9,16-17H2,1H3/t20-,21-/m1/s1. The minimum absolute atomic E-state index is 0.0762. The summed E-state index contributed by atoms with van der Waals surface area (Å²) in [6.07, 6.45) is 8.16. The van der Waals surface area contributed by atoms with Gasteiger partial charge in [-0.1, -0.05) is 37.3 Å². The average Bonchev–Trinajstić information content (AvgIpc) is 2.81. The van der Waals surface area contributed by atoms with E-state index in [1.807, 2.05) is 47.5 Å². The number of pyridine rings is 1. The van der Waals surface area contributed by atoms with Crippen LogP contribution in [0.2, 0.25) is 0 Å². The maximum atomic E-state index is 13.3. The van der Waals surface area contributed by atoms with Crippen LogP contribution in [-0.2, 0) is 4.79 Å². The number of amides is 1. The van der Waals surface area contributed by atoms with Crippen LogP contribution in [0.15, 0.2) is 67.1 Å². The van der Waals surface area contributed by atoms with Gasteiger partial charge in [0.2, 0.25) is 5.91 Å². The number of piperidine rings is 1. The zero-order valence-electron chi connectivity index (χ0n) is 16.7. The third kappa shape index (κ3) is 4.34. The summed E-state index contributed by atoms with van der Waals surface area (Å²) in [5.74, 6) is 1.10. The molecule has 0 unspecified atom stereocenters. The quantitative estimate of drug-likeness (QED) is 0.650. The highest BCUT2D eigenvalue weighted by molar-refractivity contribution is 5.83. The van der Waals surface area contributed by atoms with Crippen molar-refractivity contribution in [1.82, 2.24) is 19.9 Å². The molecule has 1 aromatic carbocycles. The Morgan fingerprint density at radius 1 is 1.10 bits per heavy atom. The average molecular weight is 386 g/mol. The highest BCUT2D eigenvalue weighted by atomic mass is 16.2. The van der Waals surface area contributed by atoms with Crippen LogP contribution in [0.3, 0.4) is 0 Å². The van der Waals surface area contributed by atoms with Crippen molar-refractivity contribution >= 4 is 5.91 Å². The first-order chi connectivity index (χ1) is 14.3. The maximum absolute atomic E-state index is 13.3. The van der Waals surface area contributed by atoms with Gasteiger partial charge in [0.1, 0.15) is 0 Å². The maximum Gasteiger partial charge on any atom is 0.230 e. The Morgan fingerprint density at radius 3 is 2.66 bits per heavy atom. The Hall–Kier alpha value is -3.08. The van der Waals surface area contributed by atoms with Crippen molar-refractivity contribution in [1.29, 1.82) is 0 Å². The van der Waals surface area contributed by atoms with Gasteiger partial charge in [-0.05, 0) is 43.0 Å². The van der Waals surface area contributed by atoms with E-state index in [1.54, 1.807) is 12.4 Å². The minimum Gasteiger partial charge on any atom is -0.342 e. The molecule has 4 rings (SSSR count). The number of carbonyl (C=O) groups excluding carboxylic acids is 1. The third-order valence-corrected chi connectivity index (χ3v) is 5.68. The molecule has 1 aliphatic heterocycles. The lowest BCUT2D eigenvalue weighted by atomic mass is 9.90. The van der Waals surface area contributed by atoms with E-state index in [1.165, 1.54) is 0 Å². The Balaban J connectivity index is 1.52. The van der Waals surface area contributed by atoms with Gasteiger partial charge in [-0.3, -0.25) is 9.78 Å². The second kappa shape index (κ2) is 8.95. The number of hydrogen-bond acceptors (Lipinski definition) is 4. The number of rotatable bonds is 5. The molecule has 148 valence electrons. The summed E-state index contributed by atoms with van der Waals surface area (Å²) in [7, 11) is 0. The molecule has 0 N–H and O–H groups in total. The minimum atomic E-state index is -0.0762. The largest absolute Gasteiger partial charge is 0.342 e. The monoisotopic (exact) mass is 386 g/mol. The van der Waals surface area contributed by atoms with Crippen molar-refractivity contribution in [2.45, 2.75) is 38.0 Å². The normalized spacial score (nSPS) is 17.7. The van der Waals surface area contributed by atoms with Crippen molar-refractivity contribution in [3.63, 3.8) is 0 Å². The van der Waals surface area contributed by atoms with Gasteiger partial charge in [0.15, 0.2) is 5.82 Å². The highest BCUT2D eigenvalue weighted by Gasteiger charge is 2.30. The molecular formula is C24H26N4O. The van der Waals surface area contributed by atoms with Crippen molar-refractivity contribution in [3.05, 3.63) is 78.4 Å². The van der Waals surface area contributed by atoms with Crippen LogP contribution in [0, 0.1) is 0 Å². The van der Waals surface area contributed by atoms with E-state index in [0.717, 1.165) is 49.2 Å². The lowest BCUT2D eigenvalue weighted by molar-refractivity contribution is -0.134. The SMILES string of the molecule is CC[C@@H](C(=O)N1CCC[C@@H](c2ccnc(-c3ccncc3)n2)C1)c1ccccc1. The van der Waals surface area contributed by atoms with E-state index >= 15 is 0 Å². The van der Waals surface area contributed by atoms with Gasteiger partial charge in [0, 0.05) is 48.9 Å². The Labute approximate surface area is 171 Å². The molecule has 0 saturated carbocycles. The molecule has 3 aromatic rings. The molecule has 29 heavy (non-hydrogen) atoms. The van der Waals surface area contributed by atoms with Crippen LogP contribution < -0.4 is 0 Å². The molecule has 1 saturated heterocycles. The molecule has 1 aliphatic rings. The Morgan fingerprint density at radius 2 is 1.90 bits per heavy atom. The van der Waals surface area contributed by atoms with Gasteiger partial charge in [0.05, 0.1) is 5.92 Å². The van der Waals surface area contributed by atoms with E-state index < -0.39 is 0 Å². The number of hydrogen-bond donors (Lipinski definition) is 0. The van der Waals surface area contributed by atoms with Crippen LogP contribution in [0.5, 0.6) is 0 Å². The number of likely N-dealkylation sites (tertiary alicyclic amines) is 1. The first kappa shape index (κ1) is 19.2. The van der Waals surface area contributed by atoms with Crippen LogP contribution in [0.1, 0.15) is 49.3 Å². The van der Waals surface area contributed by atoms with Crippen molar-refractivity contribution in [2.75, 3.05) is 13.1 Å². The smallest absolute Gasteiger partial charge is 0.230 e. The lowest BCUT2D eigenvalue weighted by Crippen LogP contribution is -2.41. The molecule has 2 atom stereocenters. The van der Waals surface area contributed by atoms with Crippen molar-refractivity contribution in [3.8, 4) is 11.4 Å². The molecule has 0 bridgehead atoms. The second-order valence-corrected chi connectivity index (χ2v) is 7.54. The van der Waals surface area contributed by atoms with E-state index in [-0.39, 0.29) is 17.7 Å². The Kier molecular flexibility index (Phi) is 5.94. The summed E-state index contributed by atoms with van der Waals surface area (Å²) in [6, 6.07) is 15.9. The van der Waals surface area contributed by atoms with Gasteiger partial charge in [-0.2, -0.15) is 0 Å². The molecule has 5 nitrogen and oxygen atoms in total. The molecule has 3 heterocycles. The van der Waals surface area contributed by atoms with Gasteiger partial charge in [0.25, 0.3) is 0 Å². The van der Waals surface area contributed by atoms with Crippen molar-refractivity contribution < 1.29 is 4.79 Å². The fraction of sp³-hybridized carbons (Fsp3) is 0.333. The van der Waals surface area contributed by atoms with Gasteiger partial charge >= 0.3 is 0 Å². The van der Waals surface area contributed by atoms with E-state index in [9.17, 15) is 4.79 Å². The van der Waals surface area contributed by atoms with Gasteiger partial charge in [-0.15, -0.1) is 0 Å². The van der Waals surface area contributed by atoms with E-state index in [2.05, 4.69) is 29.0 Å². The second-order valence-electron chi connectivity index (χ2n) is 7.54. The summed E-state index contributed by atoms with van der Waals surface area (Å²) in [5.41, 5.74) is 3.07. The van der Waals surface area contributed by atoms with Crippen LogP contribution in [0.4, 0.5) is 0 Å². The number of carbonyl (C=O) groups is 1. The molecule has 2 aromatic heterocycles. The zero-order chi connectivity index (χ0) is 20.1. The van der Waals surface area contributed by atoms with Gasteiger partial charge in [-0.25, -0.2) is 9.97 Å². The summed E-state index contributed by atoms with van der Waals surface area (Å²) < 4.78 is 0. The number of aromatic nitrogens is 3. The third-order valence-electron chi connectivity index (χ3n) is 5.68. The molecule has 5 heteroatoms. The number of benzene rings is 1. The first-order valence-electron chi connectivity index (χ1n) is 10.3. The predicted molar refractivity (Wildman–Crippen MR) is 113 cm³/mol. The molecule has 0 spiro atoms. The van der Waals surface area contributed by atoms with Crippen LogP contribution in [-0.4, -0.2) is 38.8 Å². The van der Waals surface area contributed by atoms with Crippen LogP contribution in [0.25, 0.3) is 11.4 Å². The van der Waals surface area contributed by atoms with E-state index in [4.69, 9.17) is 4.98 Å². The summed E-state index contributed by atoms with van der Waals surface area (Å²) >= 11 is 0.